The lowest BCUT2D eigenvalue weighted by atomic mass is 10.0. The van der Waals surface area contributed by atoms with Crippen molar-refractivity contribution in [2.24, 2.45) is 12.8 Å². The van der Waals surface area contributed by atoms with Crippen molar-refractivity contribution in [1.29, 1.82) is 0 Å². The Labute approximate surface area is 202 Å². The largest absolute Gasteiger partial charge is 0.497 e. The maximum atomic E-state index is 13.7. The number of rotatable bonds is 7. The minimum absolute atomic E-state index is 0.133. The number of benzene rings is 2. The normalized spacial score (nSPS) is 13.1. The molecule has 0 bridgehead atoms. The van der Waals surface area contributed by atoms with Crippen molar-refractivity contribution in [2.75, 3.05) is 18.6 Å². The first kappa shape index (κ1) is 22.4. The topological polar surface area (TPSA) is 108 Å². The number of amides is 2. The number of nitrogens with two attached hydrogens (primary N) is 1. The molecule has 0 unspecified atom stereocenters. The maximum Gasteiger partial charge on any atom is 0.277 e. The Morgan fingerprint density at radius 2 is 1.89 bits per heavy atom. The van der Waals surface area contributed by atoms with Crippen molar-refractivity contribution in [3.63, 3.8) is 0 Å². The molecule has 5 rings (SSSR count). The highest BCUT2D eigenvalue weighted by Crippen LogP contribution is 2.30. The zero-order chi connectivity index (χ0) is 24.5. The summed E-state index contributed by atoms with van der Waals surface area (Å²) in [4.78, 5) is 27.6. The molecular formula is C26H26N6O3. The van der Waals surface area contributed by atoms with E-state index in [1.807, 2.05) is 36.0 Å². The van der Waals surface area contributed by atoms with Crippen LogP contribution in [0.25, 0.3) is 5.69 Å². The van der Waals surface area contributed by atoms with Crippen LogP contribution in [0, 0.1) is 0 Å². The smallest absolute Gasteiger partial charge is 0.277 e. The standard InChI is InChI=1S/C26H26N6O3/c1-30-18(12-14-28-30)7-6-17-4-3-5-20(16-17)31-15-13-22-23(25(27)33)29-32(24(22)26(31)34)19-8-10-21(35-2)11-9-19/h3-5,8-12,14,16H,6-7,13,15H2,1-2H3,(H2,27,33). The minimum Gasteiger partial charge on any atom is -0.497 e. The number of nitrogens with zero attached hydrogens (tertiary/aromatic N) is 5. The third-order valence-corrected chi connectivity index (χ3v) is 6.38. The second-order valence-corrected chi connectivity index (χ2v) is 8.47. The number of hydrogen-bond acceptors (Lipinski definition) is 5. The first-order chi connectivity index (χ1) is 17.0. The molecule has 3 heterocycles. The Bertz CT molecular complexity index is 1400. The van der Waals surface area contributed by atoms with E-state index in [0.29, 0.717) is 35.7 Å². The van der Waals surface area contributed by atoms with Crippen LogP contribution in [0.15, 0.2) is 60.8 Å². The van der Waals surface area contributed by atoms with E-state index in [4.69, 9.17) is 10.5 Å². The molecule has 0 saturated heterocycles. The van der Waals surface area contributed by atoms with Gasteiger partial charge in [0.15, 0.2) is 5.69 Å². The number of aryl methyl sites for hydroxylation is 3. The van der Waals surface area contributed by atoms with Gasteiger partial charge in [-0.25, -0.2) is 4.68 Å². The van der Waals surface area contributed by atoms with Gasteiger partial charge in [-0.2, -0.15) is 10.2 Å². The number of hydrogen-bond donors (Lipinski definition) is 1. The average Bonchev–Trinajstić information content (AvgIpc) is 3.47. The average molecular weight is 471 g/mol. The Morgan fingerprint density at radius 1 is 1.09 bits per heavy atom. The Balaban J connectivity index is 1.47. The number of methoxy groups -OCH3 is 1. The lowest BCUT2D eigenvalue weighted by Gasteiger charge is -2.28. The van der Waals surface area contributed by atoms with Crippen LogP contribution in [0.3, 0.4) is 0 Å². The van der Waals surface area contributed by atoms with Crippen molar-refractivity contribution < 1.29 is 14.3 Å². The molecule has 178 valence electrons. The first-order valence-electron chi connectivity index (χ1n) is 11.4. The third kappa shape index (κ3) is 4.16. The van der Waals surface area contributed by atoms with Gasteiger partial charge in [0.05, 0.1) is 12.8 Å². The number of carbonyl (C=O) groups excluding carboxylic acids is 2. The van der Waals surface area contributed by atoms with Crippen LogP contribution in [0.2, 0.25) is 0 Å². The van der Waals surface area contributed by atoms with Crippen molar-refractivity contribution in [2.45, 2.75) is 19.3 Å². The zero-order valence-electron chi connectivity index (χ0n) is 19.6. The molecule has 4 aromatic rings. The van der Waals surface area contributed by atoms with Crippen molar-refractivity contribution >= 4 is 17.5 Å². The van der Waals surface area contributed by atoms with Gasteiger partial charge < -0.3 is 15.4 Å². The maximum absolute atomic E-state index is 13.7. The van der Waals surface area contributed by atoms with Gasteiger partial charge in [-0.05, 0) is 67.3 Å². The van der Waals surface area contributed by atoms with E-state index >= 15 is 0 Å². The van der Waals surface area contributed by atoms with Gasteiger partial charge >= 0.3 is 0 Å². The van der Waals surface area contributed by atoms with Crippen LogP contribution in [0.1, 0.15) is 37.8 Å². The fraction of sp³-hybridized carbons (Fsp3) is 0.231. The van der Waals surface area contributed by atoms with Gasteiger partial charge in [0.25, 0.3) is 11.8 Å². The molecule has 1 aliphatic rings. The lowest BCUT2D eigenvalue weighted by molar-refractivity contribution is 0.0972. The summed E-state index contributed by atoms with van der Waals surface area (Å²) >= 11 is 0. The zero-order valence-corrected chi connectivity index (χ0v) is 19.6. The summed E-state index contributed by atoms with van der Waals surface area (Å²) in [5.41, 5.74) is 10.4. The van der Waals surface area contributed by atoms with Crippen LogP contribution < -0.4 is 15.4 Å². The lowest BCUT2D eigenvalue weighted by Crippen LogP contribution is -2.39. The van der Waals surface area contributed by atoms with Crippen LogP contribution in [0.4, 0.5) is 5.69 Å². The van der Waals surface area contributed by atoms with Crippen LogP contribution >= 0.6 is 0 Å². The first-order valence-corrected chi connectivity index (χ1v) is 11.4. The fourth-order valence-electron chi connectivity index (χ4n) is 4.51. The molecule has 0 spiro atoms. The molecular weight excluding hydrogens is 444 g/mol. The van der Waals surface area contributed by atoms with E-state index in [1.165, 1.54) is 4.68 Å². The molecule has 0 saturated carbocycles. The Hall–Kier alpha value is -4.40. The second kappa shape index (κ2) is 9.09. The highest BCUT2D eigenvalue weighted by atomic mass is 16.5. The molecule has 1 aliphatic heterocycles. The van der Waals surface area contributed by atoms with E-state index < -0.39 is 5.91 Å². The van der Waals surface area contributed by atoms with Gasteiger partial charge in [-0.3, -0.25) is 14.3 Å². The SMILES string of the molecule is COc1ccc(-n2nc(C(N)=O)c3c2C(=O)N(c2cccc(CCc4ccnn4C)c2)CC3)cc1. The minimum atomic E-state index is -0.646. The van der Waals surface area contributed by atoms with Gasteiger partial charge in [-0.15, -0.1) is 0 Å². The van der Waals surface area contributed by atoms with Crippen LogP contribution in [0.5, 0.6) is 5.75 Å². The number of aromatic nitrogens is 4. The Morgan fingerprint density at radius 3 is 2.57 bits per heavy atom. The highest BCUT2D eigenvalue weighted by molar-refractivity contribution is 6.09. The molecule has 0 aliphatic carbocycles. The molecule has 0 radical (unpaired) electrons. The second-order valence-electron chi connectivity index (χ2n) is 8.47. The molecule has 2 aromatic heterocycles. The summed E-state index contributed by atoms with van der Waals surface area (Å²) in [6, 6.07) is 17.2. The van der Waals surface area contributed by atoms with Crippen LogP contribution in [-0.2, 0) is 26.3 Å². The number of carbonyl (C=O) groups is 2. The van der Waals surface area contributed by atoms with Gasteiger partial charge in [0, 0.05) is 36.7 Å². The predicted molar refractivity (Wildman–Crippen MR) is 131 cm³/mol. The Kier molecular flexibility index (Phi) is 5.82. The van der Waals surface area contributed by atoms with E-state index in [-0.39, 0.29) is 11.6 Å². The number of primary amides is 1. The van der Waals surface area contributed by atoms with Crippen molar-refractivity contribution in [1.82, 2.24) is 19.6 Å². The van der Waals surface area contributed by atoms with Crippen molar-refractivity contribution in [3.05, 3.63) is 89.0 Å². The third-order valence-electron chi connectivity index (χ3n) is 6.38. The summed E-state index contributed by atoms with van der Waals surface area (Å²) in [6.07, 6.45) is 3.96. The summed E-state index contributed by atoms with van der Waals surface area (Å²) in [5.74, 6) is -0.182. The number of fused-ring (bicyclic) bond motifs is 1. The molecule has 9 nitrogen and oxygen atoms in total. The molecule has 0 atom stereocenters. The monoisotopic (exact) mass is 470 g/mol. The van der Waals surface area contributed by atoms with Gasteiger partial charge in [0.1, 0.15) is 11.4 Å². The quantitative estimate of drug-likeness (QED) is 0.447. The highest BCUT2D eigenvalue weighted by Gasteiger charge is 2.34. The number of anilines is 1. The van der Waals surface area contributed by atoms with E-state index in [0.717, 1.165) is 29.8 Å². The van der Waals surface area contributed by atoms with Crippen molar-refractivity contribution in [3.8, 4) is 11.4 Å². The van der Waals surface area contributed by atoms with E-state index in [9.17, 15) is 9.59 Å². The molecule has 2 N–H and O–H groups in total. The predicted octanol–water partition coefficient (Wildman–Crippen LogP) is 2.70. The van der Waals surface area contributed by atoms with Gasteiger partial charge in [0.2, 0.25) is 0 Å². The summed E-state index contributed by atoms with van der Waals surface area (Å²) < 4.78 is 8.62. The fourth-order valence-corrected chi connectivity index (χ4v) is 4.51. The molecule has 0 fully saturated rings. The molecule has 35 heavy (non-hydrogen) atoms. The van der Waals surface area contributed by atoms with Crippen LogP contribution in [-0.4, -0.2) is 45.0 Å². The van der Waals surface area contributed by atoms with E-state index in [1.54, 1.807) is 42.5 Å². The summed E-state index contributed by atoms with van der Waals surface area (Å²) in [5, 5.41) is 8.65. The molecule has 2 amide bonds. The molecule has 2 aromatic carbocycles. The van der Waals surface area contributed by atoms with E-state index in [2.05, 4.69) is 16.3 Å². The number of ether oxygens (including phenoxy) is 1. The van der Waals surface area contributed by atoms with Gasteiger partial charge in [-0.1, -0.05) is 12.1 Å². The summed E-state index contributed by atoms with van der Waals surface area (Å²) in [6.45, 7) is 0.436. The molecule has 9 heteroatoms. The summed E-state index contributed by atoms with van der Waals surface area (Å²) in [7, 11) is 3.52.